The number of carbonyl (C=O) groups excluding carboxylic acids is 1. The molecule has 0 atom stereocenters. The Bertz CT molecular complexity index is 795. The van der Waals surface area contributed by atoms with Crippen LogP contribution in [-0.2, 0) is 10.0 Å². The molecular formula is C18H22N2O3S. The van der Waals surface area contributed by atoms with Gasteiger partial charge in [-0.3, -0.25) is 9.52 Å². The van der Waals surface area contributed by atoms with Gasteiger partial charge < -0.3 is 5.32 Å². The topological polar surface area (TPSA) is 75.3 Å². The molecule has 0 aromatic heterocycles. The first-order valence-corrected chi connectivity index (χ1v) is 9.48. The fourth-order valence-electron chi connectivity index (χ4n) is 2.10. The smallest absolute Gasteiger partial charge is 0.255 e. The van der Waals surface area contributed by atoms with Crippen molar-refractivity contribution in [3.05, 3.63) is 59.7 Å². The van der Waals surface area contributed by atoms with Gasteiger partial charge in [-0.25, -0.2) is 8.42 Å². The molecule has 0 heterocycles. The standard InChI is InChI=1S/C18H22N2O3S/c1-4-24(22,23)20-17-11-7-15(8-12-17)18(21)19-16-9-5-14(6-10-16)13(2)3/h5-13,20H,4H2,1-3H3,(H,19,21). The van der Waals surface area contributed by atoms with E-state index in [4.69, 9.17) is 0 Å². The summed E-state index contributed by atoms with van der Waals surface area (Å²) >= 11 is 0. The molecular weight excluding hydrogens is 324 g/mol. The lowest BCUT2D eigenvalue weighted by Crippen LogP contribution is -2.15. The van der Waals surface area contributed by atoms with Gasteiger partial charge in [-0.15, -0.1) is 0 Å². The van der Waals surface area contributed by atoms with E-state index in [-0.39, 0.29) is 11.7 Å². The Morgan fingerprint density at radius 3 is 2.00 bits per heavy atom. The monoisotopic (exact) mass is 346 g/mol. The largest absolute Gasteiger partial charge is 0.322 e. The van der Waals surface area contributed by atoms with E-state index in [9.17, 15) is 13.2 Å². The second-order valence-corrected chi connectivity index (χ2v) is 7.82. The summed E-state index contributed by atoms with van der Waals surface area (Å²) in [5.41, 5.74) is 2.83. The minimum absolute atomic E-state index is 0.00160. The highest BCUT2D eigenvalue weighted by molar-refractivity contribution is 7.92. The zero-order valence-corrected chi connectivity index (χ0v) is 14.9. The van der Waals surface area contributed by atoms with Gasteiger partial charge >= 0.3 is 0 Å². The van der Waals surface area contributed by atoms with Crippen LogP contribution in [0.15, 0.2) is 48.5 Å². The Balaban J connectivity index is 2.04. The summed E-state index contributed by atoms with van der Waals surface area (Å²) in [7, 11) is -3.32. The van der Waals surface area contributed by atoms with Crippen molar-refractivity contribution < 1.29 is 13.2 Å². The summed E-state index contributed by atoms with van der Waals surface area (Å²) in [6.07, 6.45) is 0. The van der Waals surface area contributed by atoms with Crippen LogP contribution in [0.1, 0.15) is 42.6 Å². The zero-order valence-electron chi connectivity index (χ0n) is 14.0. The third-order valence-electron chi connectivity index (χ3n) is 3.64. The van der Waals surface area contributed by atoms with Gasteiger partial charge in [-0.2, -0.15) is 0 Å². The van der Waals surface area contributed by atoms with Gasteiger partial charge in [-0.05, 0) is 54.8 Å². The van der Waals surface area contributed by atoms with Crippen molar-refractivity contribution >= 4 is 27.3 Å². The maximum atomic E-state index is 12.2. The highest BCUT2D eigenvalue weighted by Gasteiger charge is 2.09. The molecule has 0 fully saturated rings. The molecule has 2 rings (SSSR count). The van der Waals surface area contributed by atoms with Crippen molar-refractivity contribution in [1.29, 1.82) is 0 Å². The van der Waals surface area contributed by atoms with Gasteiger partial charge in [0.15, 0.2) is 0 Å². The third-order valence-corrected chi connectivity index (χ3v) is 4.94. The van der Waals surface area contributed by atoms with E-state index in [0.29, 0.717) is 17.2 Å². The summed E-state index contributed by atoms with van der Waals surface area (Å²) in [4.78, 5) is 12.2. The number of anilines is 2. The highest BCUT2D eigenvalue weighted by atomic mass is 32.2. The first kappa shape index (κ1) is 18.0. The second kappa shape index (κ2) is 7.49. The van der Waals surface area contributed by atoms with Crippen LogP contribution in [0.3, 0.4) is 0 Å². The maximum absolute atomic E-state index is 12.2. The Hall–Kier alpha value is -2.34. The molecule has 0 saturated carbocycles. The quantitative estimate of drug-likeness (QED) is 0.835. The average Bonchev–Trinajstić information content (AvgIpc) is 2.55. The molecule has 1 amide bonds. The first-order valence-electron chi connectivity index (χ1n) is 7.82. The molecule has 0 saturated heterocycles. The van der Waals surface area contributed by atoms with Gasteiger partial charge in [-0.1, -0.05) is 26.0 Å². The van der Waals surface area contributed by atoms with Crippen LogP contribution >= 0.6 is 0 Å². The Kier molecular flexibility index (Phi) is 5.62. The third kappa shape index (κ3) is 4.83. The number of carbonyl (C=O) groups is 1. The number of amides is 1. The summed E-state index contributed by atoms with van der Waals surface area (Å²) in [5.74, 6) is 0.202. The molecule has 24 heavy (non-hydrogen) atoms. The van der Waals surface area contributed by atoms with Crippen molar-refractivity contribution in [3.8, 4) is 0 Å². The van der Waals surface area contributed by atoms with E-state index in [1.54, 1.807) is 31.2 Å². The number of hydrogen-bond acceptors (Lipinski definition) is 3. The maximum Gasteiger partial charge on any atom is 0.255 e. The molecule has 0 bridgehead atoms. The fraction of sp³-hybridized carbons (Fsp3) is 0.278. The number of sulfonamides is 1. The SMILES string of the molecule is CCS(=O)(=O)Nc1ccc(C(=O)Nc2ccc(C(C)C)cc2)cc1. The van der Waals surface area contributed by atoms with Crippen LogP contribution in [-0.4, -0.2) is 20.1 Å². The lowest BCUT2D eigenvalue weighted by Gasteiger charge is -2.09. The molecule has 2 N–H and O–H groups in total. The van der Waals surface area contributed by atoms with Crippen LogP contribution in [0.4, 0.5) is 11.4 Å². The molecule has 128 valence electrons. The molecule has 0 aliphatic heterocycles. The Morgan fingerprint density at radius 1 is 0.958 bits per heavy atom. The van der Waals surface area contributed by atoms with Crippen molar-refractivity contribution in [2.24, 2.45) is 0 Å². The van der Waals surface area contributed by atoms with Crippen molar-refractivity contribution in [1.82, 2.24) is 0 Å². The van der Waals surface area contributed by atoms with Gasteiger partial charge in [0.25, 0.3) is 5.91 Å². The van der Waals surface area contributed by atoms with Crippen molar-refractivity contribution in [2.45, 2.75) is 26.7 Å². The molecule has 0 aliphatic carbocycles. The zero-order chi connectivity index (χ0) is 17.7. The Morgan fingerprint density at radius 2 is 1.50 bits per heavy atom. The summed E-state index contributed by atoms with van der Waals surface area (Å²) in [6, 6.07) is 14.0. The number of hydrogen-bond donors (Lipinski definition) is 2. The molecule has 0 unspecified atom stereocenters. The van der Waals surface area contributed by atoms with Gasteiger partial charge in [0.1, 0.15) is 0 Å². The summed E-state index contributed by atoms with van der Waals surface area (Å²) < 4.78 is 25.5. The van der Waals surface area contributed by atoms with Crippen LogP contribution in [0.5, 0.6) is 0 Å². The lowest BCUT2D eigenvalue weighted by atomic mass is 10.0. The average molecular weight is 346 g/mol. The molecule has 0 radical (unpaired) electrons. The van der Waals surface area contributed by atoms with E-state index >= 15 is 0 Å². The lowest BCUT2D eigenvalue weighted by molar-refractivity contribution is 0.102. The predicted octanol–water partition coefficient (Wildman–Crippen LogP) is 3.82. The van der Waals surface area contributed by atoms with Gasteiger partial charge in [0.05, 0.1) is 5.75 Å². The molecule has 2 aromatic carbocycles. The molecule has 2 aromatic rings. The molecule has 0 aliphatic rings. The van der Waals surface area contributed by atoms with Crippen LogP contribution in [0.25, 0.3) is 0 Å². The van der Waals surface area contributed by atoms with Crippen molar-refractivity contribution in [2.75, 3.05) is 15.8 Å². The first-order chi connectivity index (χ1) is 11.3. The molecule has 6 heteroatoms. The number of nitrogens with one attached hydrogen (secondary N) is 2. The van der Waals surface area contributed by atoms with E-state index in [1.165, 1.54) is 5.56 Å². The van der Waals surface area contributed by atoms with Crippen molar-refractivity contribution in [3.63, 3.8) is 0 Å². The summed E-state index contributed by atoms with van der Waals surface area (Å²) in [5, 5.41) is 2.83. The van der Waals surface area contributed by atoms with Gasteiger partial charge in [0, 0.05) is 16.9 Å². The fourth-order valence-corrected chi connectivity index (χ4v) is 2.74. The van der Waals surface area contributed by atoms with E-state index in [0.717, 1.165) is 5.69 Å². The van der Waals surface area contributed by atoms with Gasteiger partial charge in [0.2, 0.25) is 10.0 Å². The van der Waals surface area contributed by atoms with E-state index < -0.39 is 10.0 Å². The normalized spacial score (nSPS) is 11.3. The van der Waals surface area contributed by atoms with Crippen LogP contribution < -0.4 is 10.0 Å². The second-order valence-electron chi connectivity index (χ2n) is 5.81. The van der Waals surface area contributed by atoms with E-state index in [1.807, 2.05) is 24.3 Å². The minimum atomic E-state index is -3.32. The number of benzene rings is 2. The van der Waals surface area contributed by atoms with Crippen LogP contribution in [0.2, 0.25) is 0 Å². The molecule has 0 spiro atoms. The summed E-state index contributed by atoms with van der Waals surface area (Å²) in [6.45, 7) is 5.79. The predicted molar refractivity (Wildman–Crippen MR) is 98.0 cm³/mol. The number of rotatable bonds is 6. The highest BCUT2D eigenvalue weighted by Crippen LogP contribution is 2.18. The van der Waals surface area contributed by atoms with E-state index in [2.05, 4.69) is 23.9 Å². The minimum Gasteiger partial charge on any atom is -0.322 e. The Labute approximate surface area is 143 Å². The molecule has 5 nitrogen and oxygen atoms in total. The van der Waals surface area contributed by atoms with Crippen LogP contribution in [0, 0.1) is 0 Å².